The van der Waals surface area contributed by atoms with Crippen molar-refractivity contribution < 1.29 is 19.1 Å². The number of carbonyl (C=O) groups excluding carboxylic acids is 3. The topological polar surface area (TPSA) is 84.5 Å². The summed E-state index contributed by atoms with van der Waals surface area (Å²) in [5.41, 5.74) is 2.36. The molecule has 3 rings (SSSR count). The van der Waals surface area contributed by atoms with Gasteiger partial charge in [-0.2, -0.15) is 0 Å². The van der Waals surface area contributed by atoms with Gasteiger partial charge in [0.2, 0.25) is 5.91 Å². The molecule has 0 unspecified atom stereocenters. The van der Waals surface area contributed by atoms with Crippen molar-refractivity contribution >= 4 is 39.8 Å². The Bertz CT molecular complexity index is 1000. The van der Waals surface area contributed by atoms with Crippen molar-refractivity contribution in [3.63, 3.8) is 0 Å². The fourth-order valence-corrected chi connectivity index (χ4v) is 5.27. The molecule has 1 heterocycles. The van der Waals surface area contributed by atoms with Crippen LogP contribution in [-0.2, 0) is 22.4 Å². The van der Waals surface area contributed by atoms with Crippen LogP contribution in [0.4, 0.5) is 10.7 Å². The van der Waals surface area contributed by atoms with Crippen molar-refractivity contribution in [2.75, 3.05) is 17.7 Å². The van der Waals surface area contributed by atoms with Gasteiger partial charge in [0, 0.05) is 11.3 Å². The predicted octanol–water partition coefficient (Wildman–Crippen LogP) is 5.29. The van der Waals surface area contributed by atoms with Crippen LogP contribution in [0.2, 0.25) is 0 Å². The molecule has 2 N–H and O–H groups in total. The molecule has 1 aromatic heterocycles. The molecular formula is C24H30N2O4S. The van der Waals surface area contributed by atoms with E-state index in [1.54, 1.807) is 31.2 Å². The fourth-order valence-electron chi connectivity index (χ4n) is 3.93. The number of rotatable bonds is 5. The Balaban J connectivity index is 1.98. The second-order valence-electron chi connectivity index (χ2n) is 8.91. The molecule has 7 heteroatoms. The Morgan fingerprint density at radius 1 is 1.16 bits per heavy atom. The summed E-state index contributed by atoms with van der Waals surface area (Å²) >= 11 is 1.50. The van der Waals surface area contributed by atoms with Crippen molar-refractivity contribution in [3.05, 3.63) is 45.8 Å². The average molecular weight is 443 g/mol. The van der Waals surface area contributed by atoms with Gasteiger partial charge in [0.15, 0.2) is 0 Å². The number of anilines is 2. The van der Waals surface area contributed by atoms with Crippen LogP contribution in [0.15, 0.2) is 24.3 Å². The highest BCUT2D eigenvalue weighted by Gasteiger charge is 2.34. The van der Waals surface area contributed by atoms with Gasteiger partial charge in [-0.05, 0) is 48.3 Å². The van der Waals surface area contributed by atoms with Crippen molar-refractivity contribution in [2.45, 2.75) is 53.4 Å². The number of esters is 1. The molecule has 0 aliphatic heterocycles. The normalized spacial score (nSPS) is 15.7. The molecule has 166 valence electrons. The van der Waals surface area contributed by atoms with E-state index in [0.717, 1.165) is 29.7 Å². The van der Waals surface area contributed by atoms with Crippen LogP contribution >= 0.6 is 11.3 Å². The number of ether oxygens (including phenoxy) is 1. The van der Waals surface area contributed by atoms with Gasteiger partial charge in [0.25, 0.3) is 5.91 Å². The van der Waals surface area contributed by atoms with Crippen molar-refractivity contribution in [3.8, 4) is 0 Å². The molecule has 2 amide bonds. The number of carbonyl (C=O) groups is 3. The Morgan fingerprint density at radius 2 is 1.87 bits per heavy atom. The Labute approximate surface area is 187 Å². The smallest absolute Gasteiger partial charge is 0.339 e. The molecule has 0 spiro atoms. The molecule has 1 aromatic carbocycles. The first-order valence-corrected chi connectivity index (χ1v) is 11.4. The number of para-hydroxylation sites is 1. The number of benzene rings is 1. The minimum Gasteiger partial charge on any atom is -0.465 e. The maximum absolute atomic E-state index is 13.4. The second-order valence-corrected chi connectivity index (χ2v) is 10.0. The lowest BCUT2D eigenvalue weighted by atomic mass is 9.72. The van der Waals surface area contributed by atoms with E-state index in [1.165, 1.54) is 18.4 Å². The van der Waals surface area contributed by atoms with E-state index in [1.807, 2.05) is 0 Å². The highest BCUT2D eigenvalue weighted by atomic mass is 32.1. The van der Waals surface area contributed by atoms with Crippen LogP contribution in [0.5, 0.6) is 0 Å². The van der Waals surface area contributed by atoms with Gasteiger partial charge in [-0.1, -0.05) is 39.8 Å². The van der Waals surface area contributed by atoms with Crippen molar-refractivity contribution in [1.82, 2.24) is 0 Å². The zero-order chi connectivity index (χ0) is 22.8. The Hall–Kier alpha value is -2.67. The number of nitrogens with one attached hydrogen (secondary N) is 2. The van der Waals surface area contributed by atoms with Crippen LogP contribution in [0.1, 0.15) is 71.7 Å². The maximum Gasteiger partial charge on any atom is 0.339 e. The maximum atomic E-state index is 13.4. The van der Waals surface area contributed by atoms with Gasteiger partial charge in [0.1, 0.15) is 5.00 Å². The largest absolute Gasteiger partial charge is 0.465 e. The number of hydrogen-bond donors (Lipinski definition) is 2. The highest BCUT2D eigenvalue weighted by Crippen LogP contribution is 2.44. The third kappa shape index (κ3) is 4.98. The SMILES string of the molecule is CCC(=O)Nc1sc2c(c1C(=O)Nc1ccccc1C(=O)OC)CC[C@@H](C(C)(C)C)C2. The van der Waals surface area contributed by atoms with Gasteiger partial charge in [-0.15, -0.1) is 11.3 Å². The van der Waals surface area contributed by atoms with E-state index >= 15 is 0 Å². The molecule has 0 radical (unpaired) electrons. The Morgan fingerprint density at radius 3 is 2.52 bits per heavy atom. The van der Waals surface area contributed by atoms with Gasteiger partial charge in [-0.3, -0.25) is 9.59 Å². The van der Waals surface area contributed by atoms with Gasteiger partial charge in [-0.25, -0.2) is 4.79 Å². The summed E-state index contributed by atoms with van der Waals surface area (Å²) in [6.07, 6.45) is 3.01. The lowest BCUT2D eigenvalue weighted by Gasteiger charge is -2.33. The van der Waals surface area contributed by atoms with E-state index in [-0.39, 0.29) is 22.8 Å². The Kier molecular flexibility index (Phi) is 6.84. The van der Waals surface area contributed by atoms with Crippen LogP contribution in [-0.4, -0.2) is 24.9 Å². The average Bonchev–Trinajstić information content (AvgIpc) is 3.09. The third-order valence-electron chi connectivity index (χ3n) is 5.87. The second kappa shape index (κ2) is 9.22. The van der Waals surface area contributed by atoms with Gasteiger partial charge >= 0.3 is 5.97 Å². The molecule has 0 saturated carbocycles. The summed E-state index contributed by atoms with van der Waals surface area (Å²) in [4.78, 5) is 38.8. The molecule has 0 fully saturated rings. The number of thiophene rings is 1. The first kappa shape index (κ1) is 23.0. The van der Waals surface area contributed by atoms with Crippen LogP contribution in [0.3, 0.4) is 0 Å². The first-order chi connectivity index (χ1) is 14.7. The molecule has 31 heavy (non-hydrogen) atoms. The summed E-state index contributed by atoms with van der Waals surface area (Å²) in [6.45, 7) is 8.51. The monoisotopic (exact) mass is 442 g/mol. The van der Waals surface area contributed by atoms with E-state index in [9.17, 15) is 14.4 Å². The number of hydrogen-bond acceptors (Lipinski definition) is 5. The molecule has 1 atom stereocenters. The zero-order valence-corrected chi connectivity index (χ0v) is 19.6. The number of amides is 2. The lowest BCUT2D eigenvalue weighted by Crippen LogP contribution is -2.27. The van der Waals surface area contributed by atoms with Crippen LogP contribution < -0.4 is 10.6 Å². The fraction of sp³-hybridized carbons (Fsp3) is 0.458. The molecule has 6 nitrogen and oxygen atoms in total. The summed E-state index contributed by atoms with van der Waals surface area (Å²) < 4.78 is 4.83. The van der Waals surface area contributed by atoms with Crippen molar-refractivity contribution in [2.24, 2.45) is 11.3 Å². The molecule has 1 aliphatic rings. The van der Waals surface area contributed by atoms with Gasteiger partial charge in [0.05, 0.1) is 23.9 Å². The minimum absolute atomic E-state index is 0.130. The summed E-state index contributed by atoms with van der Waals surface area (Å²) in [5, 5.41) is 6.36. The van der Waals surface area contributed by atoms with Crippen LogP contribution in [0, 0.1) is 11.3 Å². The van der Waals surface area contributed by atoms with E-state index in [4.69, 9.17) is 4.74 Å². The molecule has 0 saturated heterocycles. The predicted molar refractivity (Wildman–Crippen MR) is 124 cm³/mol. The molecule has 0 bridgehead atoms. The standard InChI is InChI=1S/C24H30N2O4S/c1-6-19(27)26-22-20(16-12-11-14(24(2,3)4)13-18(16)31-22)21(28)25-17-10-8-7-9-15(17)23(29)30-5/h7-10,14H,6,11-13H2,1-5H3,(H,25,28)(H,26,27)/t14-/m1/s1. The number of fused-ring (bicyclic) bond motifs is 1. The quantitative estimate of drug-likeness (QED) is 0.617. The zero-order valence-electron chi connectivity index (χ0n) is 18.8. The molecular weight excluding hydrogens is 412 g/mol. The minimum atomic E-state index is -0.518. The van der Waals surface area contributed by atoms with E-state index in [0.29, 0.717) is 28.6 Å². The summed E-state index contributed by atoms with van der Waals surface area (Å²) in [6, 6.07) is 6.74. The van der Waals surface area contributed by atoms with E-state index in [2.05, 4.69) is 31.4 Å². The summed E-state index contributed by atoms with van der Waals surface area (Å²) in [5.74, 6) is -0.454. The van der Waals surface area contributed by atoms with Gasteiger partial charge < -0.3 is 15.4 Å². The van der Waals surface area contributed by atoms with E-state index < -0.39 is 5.97 Å². The lowest BCUT2D eigenvalue weighted by molar-refractivity contribution is -0.115. The van der Waals surface area contributed by atoms with Crippen LogP contribution in [0.25, 0.3) is 0 Å². The first-order valence-electron chi connectivity index (χ1n) is 10.6. The van der Waals surface area contributed by atoms with Crippen molar-refractivity contribution in [1.29, 1.82) is 0 Å². The molecule has 2 aromatic rings. The number of methoxy groups -OCH3 is 1. The highest BCUT2D eigenvalue weighted by molar-refractivity contribution is 7.17. The summed E-state index contributed by atoms with van der Waals surface area (Å²) in [7, 11) is 1.31. The molecule has 1 aliphatic carbocycles. The third-order valence-corrected chi connectivity index (χ3v) is 7.04.